The van der Waals surface area contributed by atoms with Gasteiger partial charge in [0.05, 0.1) is 7.11 Å². The van der Waals surface area contributed by atoms with Gasteiger partial charge in [-0.05, 0) is 43.2 Å². The molecule has 2 aromatic carbocycles. The number of rotatable bonds is 5. The van der Waals surface area contributed by atoms with Gasteiger partial charge in [-0.25, -0.2) is 0 Å². The molecule has 112 valence electrons. The Balaban J connectivity index is 2.31. The molecule has 3 nitrogen and oxygen atoms in total. The van der Waals surface area contributed by atoms with Gasteiger partial charge in [0.15, 0.2) is 0 Å². The molecule has 0 bridgehead atoms. The lowest BCUT2D eigenvalue weighted by Crippen LogP contribution is -2.19. The second kappa shape index (κ2) is 6.83. The summed E-state index contributed by atoms with van der Waals surface area (Å²) in [5, 5.41) is 0.768. The van der Waals surface area contributed by atoms with Crippen LogP contribution >= 0.6 is 11.6 Å². The second-order valence-corrected chi connectivity index (χ2v) is 5.33. The molecule has 2 N–H and O–H groups in total. The summed E-state index contributed by atoms with van der Waals surface area (Å²) in [5.41, 5.74) is 8.79. The van der Waals surface area contributed by atoms with E-state index in [1.807, 2.05) is 50.2 Å². The van der Waals surface area contributed by atoms with Crippen LogP contribution in [0.5, 0.6) is 11.5 Å². The van der Waals surface area contributed by atoms with E-state index in [1.165, 1.54) is 0 Å². The highest BCUT2D eigenvalue weighted by Gasteiger charge is 2.17. The van der Waals surface area contributed by atoms with Crippen LogP contribution in [0.3, 0.4) is 0 Å². The van der Waals surface area contributed by atoms with E-state index in [0.29, 0.717) is 6.54 Å². The Morgan fingerprint density at radius 3 is 2.33 bits per heavy atom. The van der Waals surface area contributed by atoms with Gasteiger partial charge in [-0.2, -0.15) is 0 Å². The van der Waals surface area contributed by atoms with Crippen LogP contribution < -0.4 is 15.2 Å². The first-order valence-electron chi connectivity index (χ1n) is 6.83. The van der Waals surface area contributed by atoms with E-state index >= 15 is 0 Å². The average molecular weight is 306 g/mol. The number of hydrogen-bond acceptors (Lipinski definition) is 3. The number of para-hydroxylation sites is 1. The summed E-state index contributed by atoms with van der Waals surface area (Å²) in [6.45, 7) is 4.28. The molecule has 0 aliphatic rings. The molecule has 0 aromatic heterocycles. The second-order valence-electron chi connectivity index (χ2n) is 4.96. The average Bonchev–Trinajstić information content (AvgIpc) is 2.50. The highest BCUT2D eigenvalue weighted by molar-refractivity contribution is 6.32. The molecule has 1 unspecified atom stereocenters. The molecule has 0 aliphatic heterocycles. The molecular weight excluding hydrogens is 286 g/mol. The molecule has 21 heavy (non-hydrogen) atoms. The summed E-state index contributed by atoms with van der Waals surface area (Å²) in [7, 11) is 1.64. The molecule has 1 atom stereocenters. The lowest BCUT2D eigenvalue weighted by Gasteiger charge is -2.21. The Hall–Kier alpha value is -1.71. The van der Waals surface area contributed by atoms with Crippen LogP contribution in [-0.4, -0.2) is 13.7 Å². The zero-order valence-corrected chi connectivity index (χ0v) is 13.3. The van der Waals surface area contributed by atoms with Gasteiger partial charge in [0.1, 0.15) is 17.6 Å². The fraction of sp³-hybridized carbons (Fsp3) is 0.294. The standard InChI is InChI=1S/C17H20ClNO2/c1-11-8-13(9-12(2)17(11)18)21-16(10-19)14-6-4-5-7-15(14)20-3/h4-9,16H,10,19H2,1-3H3. The van der Waals surface area contributed by atoms with Gasteiger partial charge in [0.25, 0.3) is 0 Å². The summed E-state index contributed by atoms with van der Waals surface area (Å²) in [5.74, 6) is 1.53. The summed E-state index contributed by atoms with van der Waals surface area (Å²) in [6.07, 6.45) is -0.263. The Morgan fingerprint density at radius 1 is 1.14 bits per heavy atom. The lowest BCUT2D eigenvalue weighted by atomic mass is 10.1. The summed E-state index contributed by atoms with van der Waals surface area (Å²) >= 11 is 6.18. The summed E-state index contributed by atoms with van der Waals surface area (Å²) in [6, 6.07) is 11.6. The highest BCUT2D eigenvalue weighted by Crippen LogP contribution is 2.31. The van der Waals surface area contributed by atoms with Gasteiger partial charge in [0.2, 0.25) is 0 Å². The number of aryl methyl sites for hydroxylation is 2. The maximum atomic E-state index is 6.18. The normalized spacial score (nSPS) is 12.0. The van der Waals surface area contributed by atoms with Crippen LogP contribution in [0.2, 0.25) is 5.02 Å². The first kappa shape index (κ1) is 15.7. The van der Waals surface area contributed by atoms with Crippen molar-refractivity contribution in [3.63, 3.8) is 0 Å². The zero-order chi connectivity index (χ0) is 15.4. The number of nitrogens with two attached hydrogens (primary N) is 1. The van der Waals surface area contributed by atoms with Crippen molar-refractivity contribution in [2.45, 2.75) is 20.0 Å². The van der Waals surface area contributed by atoms with E-state index in [9.17, 15) is 0 Å². The van der Waals surface area contributed by atoms with E-state index in [-0.39, 0.29) is 6.10 Å². The fourth-order valence-corrected chi connectivity index (χ4v) is 2.42. The van der Waals surface area contributed by atoms with Gasteiger partial charge < -0.3 is 15.2 Å². The number of halogens is 1. The molecule has 0 radical (unpaired) electrons. The van der Waals surface area contributed by atoms with Crippen molar-refractivity contribution in [1.29, 1.82) is 0 Å². The maximum absolute atomic E-state index is 6.18. The molecule has 2 aromatic rings. The van der Waals surface area contributed by atoms with E-state index in [1.54, 1.807) is 7.11 Å². The third-order valence-electron chi connectivity index (χ3n) is 3.39. The van der Waals surface area contributed by atoms with Gasteiger partial charge in [-0.15, -0.1) is 0 Å². The third-order valence-corrected chi connectivity index (χ3v) is 3.98. The van der Waals surface area contributed by atoms with E-state index in [4.69, 9.17) is 26.8 Å². The van der Waals surface area contributed by atoms with Gasteiger partial charge >= 0.3 is 0 Å². The molecule has 0 saturated heterocycles. The Labute approximate surface area is 130 Å². The molecule has 0 aliphatic carbocycles. The third kappa shape index (κ3) is 3.49. The van der Waals surface area contributed by atoms with Crippen molar-refractivity contribution >= 4 is 11.6 Å². The fourth-order valence-electron chi connectivity index (χ4n) is 2.31. The van der Waals surface area contributed by atoms with Crippen molar-refractivity contribution < 1.29 is 9.47 Å². The number of ether oxygens (including phenoxy) is 2. The topological polar surface area (TPSA) is 44.5 Å². The summed E-state index contributed by atoms with van der Waals surface area (Å²) < 4.78 is 11.4. The SMILES string of the molecule is COc1ccccc1C(CN)Oc1cc(C)c(Cl)c(C)c1. The first-order chi connectivity index (χ1) is 10.1. The maximum Gasteiger partial charge on any atom is 0.139 e. The van der Waals surface area contributed by atoms with Crippen molar-refractivity contribution in [3.8, 4) is 11.5 Å². The number of hydrogen-bond donors (Lipinski definition) is 1. The van der Waals surface area contributed by atoms with E-state index in [2.05, 4.69) is 0 Å². The van der Waals surface area contributed by atoms with Gasteiger partial charge in [-0.1, -0.05) is 29.8 Å². The quantitative estimate of drug-likeness (QED) is 0.906. The molecule has 0 saturated carbocycles. The molecule has 0 heterocycles. The predicted octanol–water partition coefficient (Wildman–Crippen LogP) is 4.04. The van der Waals surface area contributed by atoms with Gasteiger partial charge in [-0.3, -0.25) is 0 Å². The Morgan fingerprint density at radius 2 is 1.76 bits per heavy atom. The molecular formula is C17H20ClNO2. The number of methoxy groups -OCH3 is 1. The van der Waals surface area contributed by atoms with Crippen LogP contribution in [0.4, 0.5) is 0 Å². The van der Waals surface area contributed by atoms with Crippen molar-refractivity contribution in [2.24, 2.45) is 5.73 Å². The summed E-state index contributed by atoms with van der Waals surface area (Å²) in [4.78, 5) is 0. The lowest BCUT2D eigenvalue weighted by molar-refractivity contribution is 0.208. The minimum absolute atomic E-state index is 0.263. The van der Waals surface area contributed by atoms with Gasteiger partial charge in [0, 0.05) is 17.1 Å². The molecule has 0 spiro atoms. The monoisotopic (exact) mass is 305 g/mol. The minimum Gasteiger partial charge on any atom is -0.496 e. The largest absolute Gasteiger partial charge is 0.496 e. The van der Waals surface area contributed by atoms with Crippen molar-refractivity contribution in [2.75, 3.05) is 13.7 Å². The smallest absolute Gasteiger partial charge is 0.139 e. The van der Waals surface area contributed by atoms with E-state index < -0.39 is 0 Å². The molecule has 2 rings (SSSR count). The Bertz CT molecular complexity index is 605. The minimum atomic E-state index is -0.263. The van der Waals surface area contributed by atoms with Crippen LogP contribution in [0.25, 0.3) is 0 Å². The van der Waals surface area contributed by atoms with Crippen molar-refractivity contribution in [3.05, 3.63) is 58.1 Å². The molecule has 0 fully saturated rings. The van der Waals surface area contributed by atoms with Crippen LogP contribution in [-0.2, 0) is 0 Å². The van der Waals surface area contributed by atoms with Crippen LogP contribution in [0.15, 0.2) is 36.4 Å². The zero-order valence-electron chi connectivity index (χ0n) is 12.5. The van der Waals surface area contributed by atoms with E-state index in [0.717, 1.165) is 33.2 Å². The first-order valence-corrected chi connectivity index (χ1v) is 7.21. The predicted molar refractivity (Wildman–Crippen MR) is 86.3 cm³/mol. The molecule has 0 amide bonds. The van der Waals surface area contributed by atoms with Crippen LogP contribution in [0, 0.1) is 13.8 Å². The highest BCUT2D eigenvalue weighted by atomic mass is 35.5. The number of benzene rings is 2. The van der Waals surface area contributed by atoms with Crippen molar-refractivity contribution in [1.82, 2.24) is 0 Å². The van der Waals surface area contributed by atoms with Crippen LogP contribution in [0.1, 0.15) is 22.8 Å². The Kier molecular flexibility index (Phi) is 5.10. The molecule has 4 heteroatoms.